The normalized spacial score (nSPS) is 9.89. The van der Waals surface area contributed by atoms with Crippen LogP contribution in [0.2, 0.25) is 0 Å². The van der Waals surface area contributed by atoms with Gasteiger partial charge in [0.2, 0.25) is 0 Å². The summed E-state index contributed by atoms with van der Waals surface area (Å²) in [6, 6.07) is 11.7. The molecule has 0 fully saturated rings. The minimum Gasteiger partial charge on any atom is -0.298 e. The van der Waals surface area contributed by atoms with Crippen LogP contribution in [0, 0.1) is 10.1 Å². The van der Waals surface area contributed by atoms with Crippen molar-refractivity contribution in [1.82, 2.24) is 0 Å². The lowest BCUT2D eigenvalue weighted by Gasteiger charge is -2.04. The molecule has 0 aliphatic rings. The molecule has 94 valence electrons. The Morgan fingerprint density at radius 2 is 1.68 bits per heavy atom. The maximum atomic E-state index is 11.1. The first-order chi connectivity index (χ1) is 9.15. The van der Waals surface area contributed by atoms with Crippen LogP contribution in [0.1, 0.15) is 15.9 Å². The lowest BCUT2D eigenvalue weighted by Crippen LogP contribution is -1.94. The van der Waals surface area contributed by atoms with Gasteiger partial charge in [0, 0.05) is 11.6 Å². The number of hydrogen-bond acceptors (Lipinski definition) is 3. The Morgan fingerprint density at radius 1 is 1.05 bits per heavy atom. The van der Waals surface area contributed by atoms with Crippen LogP contribution in [0.25, 0.3) is 17.2 Å². The Morgan fingerprint density at radius 3 is 2.21 bits per heavy atom. The van der Waals surface area contributed by atoms with E-state index in [0.717, 1.165) is 11.1 Å². The molecule has 0 spiro atoms. The molecule has 0 amide bonds. The molecule has 2 aromatic rings. The predicted octanol–water partition coefficient (Wildman–Crippen LogP) is 3.72. The summed E-state index contributed by atoms with van der Waals surface area (Å²) in [5.41, 5.74) is 2.38. The van der Waals surface area contributed by atoms with Crippen molar-refractivity contribution in [3.05, 3.63) is 70.3 Å². The van der Waals surface area contributed by atoms with Gasteiger partial charge in [-0.25, -0.2) is 0 Å². The van der Waals surface area contributed by atoms with Gasteiger partial charge in [-0.3, -0.25) is 14.9 Å². The van der Waals surface area contributed by atoms with Crippen molar-refractivity contribution in [3.8, 4) is 11.1 Å². The van der Waals surface area contributed by atoms with Crippen LogP contribution in [0.3, 0.4) is 0 Å². The number of carbonyl (C=O) groups is 1. The number of benzene rings is 2. The van der Waals surface area contributed by atoms with E-state index in [4.69, 9.17) is 0 Å². The number of aldehydes is 1. The third kappa shape index (κ3) is 2.57. The minimum atomic E-state index is -0.482. The molecule has 4 heteroatoms. The molecular formula is C15H11NO3. The van der Waals surface area contributed by atoms with Gasteiger partial charge in [-0.1, -0.05) is 43.0 Å². The Labute approximate surface area is 110 Å². The molecule has 2 rings (SSSR count). The van der Waals surface area contributed by atoms with Crippen molar-refractivity contribution in [2.45, 2.75) is 0 Å². The van der Waals surface area contributed by atoms with Crippen molar-refractivity contribution >= 4 is 18.0 Å². The monoisotopic (exact) mass is 253 g/mol. The van der Waals surface area contributed by atoms with Crippen LogP contribution in [0.4, 0.5) is 5.69 Å². The number of nitrogens with zero attached hydrogens (tertiary/aromatic N) is 1. The average molecular weight is 253 g/mol. The van der Waals surface area contributed by atoms with Gasteiger partial charge in [-0.15, -0.1) is 0 Å². The molecule has 0 saturated carbocycles. The largest absolute Gasteiger partial charge is 0.298 e. The predicted molar refractivity (Wildman–Crippen MR) is 74.0 cm³/mol. The molecule has 0 saturated heterocycles. The Hall–Kier alpha value is -2.75. The number of nitro benzene ring substituents is 1. The molecule has 0 N–H and O–H groups in total. The van der Waals surface area contributed by atoms with Crippen LogP contribution in [-0.2, 0) is 0 Å². The third-order valence-corrected chi connectivity index (χ3v) is 2.81. The number of nitro groups is 1. The Bertz CT molecular complexity index is 645. The van der Waals surface area contributed by atoms with E-state index in [1.54, 1.807) is 30.3 Å². The standard InChI is InChI=1S/C15H11NO3/c1-2-11-3-6-13(7-4-11)14-8-5-12(10-17)9-15(14)16(18)19/h2-10H,1H2. The van der Waals surface area contributed by atoms with Crippen molar-refractivity contribution in [2.75, 3.05) is 0 Å². The van der Waals surface area contributed by atoms with Gasteiger partial charge < -0.3 is 0 Å². The van der Waals surface area contributed by atoms with Crippen molar-refractivity contribution in [1.29, 1.82) is 0 Å². The molecule has 0 aliphatic heterocycles. The maximum absolute atomic E-state index is 11.1. The highest BCUT2D eigenvalue weighted by molar-refractivity contribution is 5.82. The Kier molecular flexibility index (Phi) is 3.52. The second-order valence-corrected chi connectivity index (χ2v) is 3.98. The van der Waals surface area contributed by atoms with E-state index in [1.807, 2.05) is 12.1 Å². The number of hydrogen-bond donors (Lipinski definition) is 0. The summed E-state index contributed by atoms with van der Waals surface area (Å²) in [6.07, 6.45) is 2.30. The summed E-state index contributed by atoms with van der Waals surface area (Å²) in [4.78, 5) is 21.3. The van der Waals surface area contributed by atoms with E-state index in [9.17, 15) is 14.9 Å². The van der Waals surface area contributed by atoms with Gasteiger partial charge in [-0.2, -0.15) is 0 Å². The molecule has 0 heterocycles. The van der Waals surface area contributed by atoms with Crippen molar-refractivity contribution in [3.63, 3.8) is 0 Å². The molecule has 4 nitrogen and oxygen atoms in total. The van der Waals surface area contributed by atoms with Gasteiger partial charge in [0.05, 0.1) is 10.5 Å². The topological polar surface area (TPSA) is 60.2 Å². The fraction of sp³-hybridized carbons (Fsp3) is 0. The Balaban J connectivity index is 2.56. The van der Waals surface area contributed by atoms with Crippen LogP contribution >= 0.6 is 0 Å². The van der Waals surface area contributed by atoms with Gasteiger partial charge >= 0.3 is 0 Å². The molecule has 0 radical (unpaired) electrons. The van der Waals surface area contributed by atoms with Crippen molar-refractivity contribution < 1.29 is 9.72 Å². The first-order valence-electron chi connectivity index (χ1n) is 5.62. The highest BCUT2D eigenvalue weighted by Gasteiger charge is 2.15. The van der Waals surface area contributed by atoms with Gasteiger partial charge in [0.25, 0.3) is 5.69 Å². The zero-order valence-corrected chi connectivity index (χ0v) is 10.1. The number of carbonyl (C=O) groups excluding carboxylic acids is 1. The molecule has 0 bridgehead atoms. The fourth-order valence-corrected chi connectivity index (χ4v) is 1.82. The van der Waals surface area contributed by atoms with Gasteiger partial charge in [0.1, 0.15) is 6.29 Å². The summed E-state index contributed by atoms with van der Waals surface area (Å²) >= 11 is 0. The van der Waals surface area contributed by atoms with Gasteiger partial charge in [-0.05, 0) is 17.2 Å². The molecule has 0 aliphatic carbocycles. The molecule has 0 unspecified atom stereocenters. The third-order valence-electron chi connectivity index (χ3n) is 2.81. The quantitative estimate of drug-likeness (QED) is 0.474. The fourth-order valence-electron chi connectivity index (χ4n) is 1.82. The van der Waals surface area contributed by atoms with Crippen LogP contribution in [0.15, 0.2) is 49.0 Å². The highest BCUT2D eigenvalue weighted by Crippen LogP contribution is 2.30. The second kappa shape index (κ2) is 5.27. The van der Waals surface area contributed by atoms with E-state index >= 15 is 0 Å². The van der Waals surface area contributed by atoms with E-state index in [2.05, 4.69) is 6.58 Å². The summed E-state index contributed by atoms with van der Waals surface area (Å²) in [6.45, 7) is 3.65. The summed E-state index contributed by atoms with van der Waals surface area (Å²) in [5, 5.41) is 11.1. The summed E-state index contributed by atoms with van der Waals surface area (Å²) in [5.74, 6) is 0. The molecule has 2 aromatic carbocycles. The lowest BCUT2D eigenvalue weighted by molar-refractivity contribution is -0.384. The average Bonchev–Trinajstić information content (AvgIpc) is 2.46. The summed E-state index contributed by atoms with van der Waals surface area (Å²) < 4.78 is 0. The molecule has 0 aromatic heterocycles. The second-order valence-electron chi connectivity index (χ2n) is 3.98. The van der Waals surface area contributed by atoms with Gasteiger partial charge in [0.15, 0.2) is 0 Å². The minimum absolute atomic E-state index is 0.0732. The first kappa shape index (κ1) is 12.7. The first-order valence-corrected chi connectivity index (χ1v) is 5.62. The van der Waals surface area contributed by atoms with E-state index in [-0.39, 0.29) is 11.3 Å². The highest BCUT2D eigenvalue weighted by atomic mass is 16.6. The van der Waals surface area contributed by atoms with Crippen LogP contribution < -0.4 is 0 Å². The van der Waals surface area contributed by atoms with E-state index in [0.29, 0.717) is 11.8 Å². The van der Waals surface area contributed by atoms with Crippen molar-refractivity contribution in [2.24, 2.45) is 0 Å². The van der Waals surface area contributed by atoms with Crippen LogP contribution in [0.5, 0.6) is 0 Å². The maximum Gasteiger partial charge on any atom is 0.277 e. The van der Waals surface area contributed by atoms with E-state index < -0.39 is 4.92 Å². The zero-order chi connectivity index (χ0) is 13.8. The molecule has 0 atom stereocenters. The number of rotatable bonds is 4. The summed E-state index contributed by atoms with van der Waals surface area (Å²) in [7, 11) is 0. The SMILES string of the molecule is C=Cc1ccc(-c2ccc(C=O)cc2[N+](=O)[O-])cc1. The zero-order valence-electron chi connectivity index (χ0n) is 10.1. The molecule has 19 heavy (non-hydrogen) atoms. The van der Waals surface area contributed by atoms with E-state index in [1.165, 1.54) is 6.07 Å². The molecular weight excluding hydrogens is 242 g/mol. The van der Waals surface area contributed by atoms with Crippen LogP contribution in [-0.4, -0.2) is 11.2 Å². The lowest BCUT2D eigenvalue weighted by atomic mass is 10.0. The smallest absolute Gasteiger partial charge is 0.277 e.